The van der Waals surface area contributed by atoms with Gasteiger partial charge < -0.3 is 49.3 Å². The Morgan fingerprint density at radius 1 is 0.449 bits per heavy atom. The molecule has 0 spiro atoms. The van der Waals surface area contributed by atoms with Gasteiger partial charge >= 0.3 is 35.4 Å². The summed E-state index contributed by atoms with van der Waals surface area (Å²) in [6.07, 6.45) is 23.2. The van der Waals surface area contributed by atoms with E-state index in [1.807, 2.05) is 0 Å². The minimum atomic E-state index is -5.60. The number of hydrogen-bond acceptors (Lipinski definition) is 14. The molecule has 1 rings (SSSR count). The van der Waals surface area contributed by atoms with Crippen LogP contribution in [0, 0.1) is 0 Å². The van der Waals surface area contributed by atoms with Gasteiger partial charge in [-0.05, 0) is 64.2 Å². The Hall–Kier alpha value is -1.37. The normalized spacial score (nSPS) is 21.5. The van der Waals surface area contributed by atoms with Gasteiger partial charge in [0.1, 0.15) is 43.2 Å². The summed E-state index contributed by atoms with van der Waals surface area (Å²) in [6.45, 7) is 2.95. The van der Waals surface area contributed by atoms with Crippen LogP contribution in [-0.2, 0) is 50.9 Å². The van der Waals surface area contributed by atoms with Crippen LogP contribution in [0.4, 0.5) is 0 Å². The third kappa shape index (κ3) is 35.4. The molecular formula is C47H89O19P3. The SMILES string of the molecule is CCCCCCCC/C=C\CCCCCCCCCC(=O)OC[C@H](COP(=O)(O)O[C@H]1C(O)C(O)C(OP(=O)(O)O)[C@@H](OP(=O)(O)O)C1O)OC(=O)CCCCCCC/C=C\CCCCCCCC. The van der Waals surface area contributed by atoms with Gasteiger partial charge in [-0.3, -0.25) is 27.7 Å². The quantitative estimate of drug-likeness (QED) is 0.0122. The number of aliphatic hydroxyl groups is 3. The number of rotatable bonds is 44. The summed E-state index contributed by atoms with van der Waals surface area (Å²) in [5.74, 6) is -1.31. The molecule has 0 heterocycles. The number of ether oxygens (including phenoxy) is 2. The van der Waals surface area contributed by atoms with Crippen LogP contribution in [0.2, 0.25) is 0 Å². The van der Waals surface area contributed by atoms with E-state index in [1.54, 1.807) is 0 Å². The molecule has 0 radical (unpaired) electrons. The minimum Gasteiger partial charge on any atom is -0.462 e. The molecule has 0 aromatic heterocycles. The van der Waals surface area contributed by atoms with Crippen molar-refractivity contribution in [3.63, 3.8) is 0 Å². The van der Waals surface area contributed by atoms with Gasteiger partial charge in [-0.1, -0.05) is 154 Å². The first-order chi connectivity index (χ1) is 32.8. The van der Waals surface area contributed by atoms with Gasteiger partial charge in [-0.25, -0.2) is 13.7 Å². The van der Waals surface area contributed by atoms with Crippen LogP contribution in [0.15, 0.2) is 24.3 Å². The standard InChI is InChI=1S/C47H89O19P3/c1-3-5-7-9-11-13-15-17-19-20-22-23-25-27-29-31-33-35-40(48)61-37-39(63-41(49)36-34-32-30-28-26-24-21-18-16-14-12-10-8-6-4-2)38-62-69(59,60)66-45-42(50)43(51)46(64-67(53,54)55)47(44(45)52)65-68(56,57)58/h17-19,21,39,42-47,50-52H,3-16,20,22-38H2,1-2H3,(H,59,60)(H2,53,54,55)(H2,56,57,58)/b19-17-,21-18-/t39-,42?,43?,44?,45+,46?,47+/m1/s1. The maximum atomic E-state index is 13.1. The van der Waals surface area contributed by atoms with Gasteiger partial charge in [0.15, 0.2) is 6.10 Å². The summed E-state index contributed by atoms with van der Waals surface area (Å²) in [7, 11) is -16.6. The molecule has 0 saturated heterocycles. The summed E-state index contributed by atoms with van der Waals surface area (Å²) in [6, 6.07) is 0. The molecule has 22 heteroatoms. The highest BCUT2D eigenvalue weighted by atomic mass is 31.2. The van der Waals surface area contributed by atoms with E-state index < -0.39 is 91.3 Å². The molecule has 1 fully saturated rings. The number of phosphoric ester groups is 3. The van der Waals surface area contributed by atoms with Crippen LogP contribution in [0.5, 0.6) is 0 Å². The number of hydrogen-bond donors (Lipinski definition) is 8. The van der Waals surface area contributed by atoms with Crippen LogP contribution in [0.25, 0.3) is 0 Å². The predicted octanol–water partition coefficient (Wildman–Crippen LogP) is 9.85. The number of carbonyl (C=O) groups excluding carboxylic acids is 2. The molecule has 19 nitrogen and oxygen atoms in total. The van der Waals surface area contributed by atoms with E-state index in [4.69, 9.17) is 18.5 Å². The third-order valence-corrected chi connectivity index (χ3v) is 13.8. The highest BCUT2D eigenvalue weighted by Crippen LogP contribution is 2.51. The fraction of sp³-hybridized carbons (Fsp3) is 0.872. The van der Waals surface area contributed by atoms with Crippen molar-refractivity contribution in [3.05, 3.63) is 24.3 Å². The van der Waals surface area contributed by atoms with Crippen LogP contribution in [0.3, 0.4) is 0 Å². The van der Waals surface area contributed by atoms with Gasteiger partial charge in [-0.15, -0.1) is 0 Å². The summed E-state index contributed by atoms with van der Waals surface area (Å²) in [5.41, 5.74) is 0. The van der Waals surface area contributed by atoms with E-state index in [0.29, 0.717) is 12.8 Å². The molecule has 0 aromatic carbocycles. The Bertz CT molecular complexity index is 1540. The zero-order valence-corrected chi connectivity index (χ0v) is 44.1. The average Bonchev–Trinajstić information content (AvgIpc) is 3.28. The molecule has 5 unspecified atom stereocenters. The van der Waals surface area contributed by atoms with Crippen molar-refractivity contribution in [3.8, 4) is 0 Å². The molecule has 0 bridgehead atoms. The first-order valence-electron chi connectivity index (χ1n) is 25.6. The number of phosphoric acid groups is 3. The van der Waals surface area contributed by atoms with E-state index in [1.165, 1.54) is 77.0 Å². The smallest absolute Gasteiger partial charge is 0.462 e. The Labute approximate surface area is 411 Å². The van der Waals surface area contributed by atoms with Gasteiger partial charge in [-0.2, -0.15) is 0 Å². The highest BCUT2D eigenvalue weighted by molar-refractivity contribution is 7.47. The molecule has 1 aliphatic rings. The second-order valence-corrected chi connectivity index (χ2v) is 21.9. The second-order valence-electron chi connectivity index (χ2n) is 18.1. The zero-order valence-electron chi connectivity index (χ0n) is 41.4. The number of carbonyl (C=O) groups is 2. The number of aliphatic hydroxyl groups excluding tert-OH is 3. The van der Waals surface area contributed by atoms with Crippen molar-refractivity contribution in [1.82, 2.24) is 0 Å². The first kappa shape index (κ1) is 65.6. The van der Waals surface area contributed by atoms with Gasteiger partial charge in [0.25, 0.3) is 0 Å². The molecular weight excluding hydrogens is 961 g/mol. The zero-order chi connectivity index (χ0) is 51.4. The Kier molecular flexibility index (Phi) is 37.2. The lowest BCUT2D eigenvalue weighted by atomic mass is 9.85. The van der Waals surface area contributed by atoms with Gasteiger partial charge in [0.2, 0.25) is 0 Å². The van der Waals surface area contributed by atoms with Crippen molar-refractivity contribution in [2.75, 3.05) is 13.2 Å². The fourth-order valence-electron chi connectivity index (χ4n) is 7.87. The molecule has 0 amide bonds. The summed E-state index contributed by atoms with van der Waals surface area (Å²) < 4.78 is 65.6. The molecule has 1 aliphatic carbocycles. The largest absolute Gasteiger partial charge is 0.472 e. The summed E-state index contributed by atoms with van der Waals surface area (Å²) in [4.78, 5) is 73.3. The average molecular weight is 1050 g/mol. The monoisotopic (exact) mass is 1050 g/mol. The molecule has 8 atom stereocenters. The third-order valence-electron chi connectivity index (χ3n) is 11.7. The Morgan fingerprint density at radius 3 is 1.20 bits per heavy atom. The van der Waals surface area contributed by atoms with Crippen LogP contribution in [0.1, 0.15) is 206 Å². The number of unbranched alkanes of at least 4 members (excludes halogenated alkanes) is 24. The number of allylic oxidation sites excluding steroid dienone is 4. The van der Waals surface area contributed by atoms with Gasteiger partial charge in [0.05, 0.1) is 6.61 Å². The molecule has 0 aliphatic heterocycles. The van der Waals surface area contributed by atoms with Crippen molar-refractivity contribution >= 4 is 35.4 Å². The van der Waals surface area contributed by atoms with Crippen molar-refractivity contribution in [2.45, 2.75) is 249 Å². The van der Waals surface area contributed by atoms with Crippen molar-refractivity contribution in [2.24, 2.45) is 0 Å². The first-order valence-corrected chi connectivity index (χ1v) is 30.2. The van der Waals surface area contributed by atoms with Crippen LogP contribution in [-0.4, -0.2) is 108 Å². The van der Waals surface area contributed by atoms with E-state index >= 15 is 0 Å². The number of esters is 2. The molecule has 1 saturated carbocycles. The minimum absolute atomic E-state index is 0.0109. The van der Waals surface area contributed by atoms with Crippen molar-refractivity contribution < 1.29 is 90.6 Å². The lowest BCUT2D eigenvalue weighted by Crippen LogP contribution is -2.65. The maximum absolute atomic E-state index is 13.1. The van der Waals surface area contributed by atoms with Crippen LogP contribution >= 0.6 is 23.5 Å². The lowest BCUT2D eigenvalue weighted by Gasteiger charge is -2.44. The van der Waals surface area contributed by atoms with Crippen molar-refractivity contribution in [1.29, 1.82) is 0 Å². The molecule has 69 heavy (non-hydrogen) atoms. The fourth-order valence-corrected chi connectivity index (χ4v) is 9.96. The molecule has 0 aromatic rings. The second kappa shape index (κ2) is 39.1. The lowest BCUT2D eigenvalue weighted by molar-refractivity contribution is -0.213. The predicted molar refractivity (Wildman–Crippen MR) is 261 cm³/mol. The Morgan fingerprint density at radius 2 is 0.797 bits per heavy atom. The van der Waals surface area contributed by atoms with E-state index in [2.05, 4.69) is 47.2 Å². The van der Waals surface area contributed by atoms with E-state index in [-0.39, 0.29) is 12.8 Å². The molecule has 406 valence electrons. The molecule has 8 N–H and O–H groups in total. The maximum Gasteiger partial charge on any atom is 0.472 e. The Balaban J connectivity index is 2.69. The summed E-state index contributed by atoms with van der Waals surface area (Å²) >= 11 is 0. The highest BCUT2D eigenvalue weighted by Gasteiger charge is 2.56. The van der Waals surface area contributed by atoms with E-state index in [0.717, 1.165) is 89.9 Å². The van der Waals surface area contributed by atoms with Crippen LogP contribution < -0.4 is 0 Å². The van der Waals surface area contributed by atoms with E-state index in [9.17, 15) is 63.1 Å². The topological polar surface area (TPSA) is 303 Å². The summed E-state index contributed by atoms with van der Waals surface area (Å²) in [5, 5.41) is 31.9. The van der Waals surface area contributed by atoms with Gasteiger partial charge in [0, 0.05) is 12.8 Å².